The van der Waals surface area contributed by atoms with Gasteiger partial charge >= 0.3 is 5.97 Å². The van der Waals surface area contributed by atoms with E-state index in [0.29, 0.717) is 6.54 Å². The number of aliphatic carboxylic acids is 1. The Morgan fingerprint density at radius 2 is 1.75 bits per heavy atom. The SMILES string of the molecule is CC(CN(c1ccccc1)c1nc(-c2ccccc2)cs1)C(=O)O. The zero-order valence-corrected chi connectivity index (χ0v) is 14.1. The van der Waals surface area contributed by atoms with Gasteiger partial charge in [-0.25, -0.2) is 4.98 Å². The van der Waals surface area contributed by atoms with Crippen molar-refractivity contribution >= 4 is 28.1 Å². The van der Waals surface area contributed by atoms with Crippen molar-refractivity contribution in [3.63, 3.8) is 0 Å². The molecule has 24 heavy (non-hydrogen) atoms. The summed E-state index contributed by atoms with van der Waals surface area (Å²) in [6.45, 7) is 2.09. The lowest BCUT2D eigenvalue weighted by Gasteiger charge is -2.23. The molecule has 3 rings (SSSR count). The topological polar surface area (TPSA) is 53.4 Å². The van der Waals surface area contributed by atoms with Crippen LogP contribution in [0, 0.1) is 5.92 Å². The second-order valence-corrected chi connectivity index (χ2v) is 6.40. The Labute approximate surface area is 145 Å². The van der Waals surface area contributed by atoms with Gasteiger partial charge in [0.15, 0.2) is 5.13 Å². The highest BCUT2D eigenvalue weighted by Gasteiger charge is 2.20. The normalized spacial score (nSPS) is 11.9. The Balaban J connectivity index is 1.94. The monoisotopic (exact) mass is 338 g/mol. The Kier molecular flexibility index (Phi) is 4.91. The number of aromatic nitrogens is 1. The highest BCUT2D eigenvalue weighted by atomic mass is 32.1. The first kappa shape index (κ1) is 16.2. The van der Waals surface area contributed by atoms with Gasteiger partial charge in [0.25, 0.3) is 0 Å². The molecule has 0 saturated carbocycles. The predicted octanol–water partition coefficient (Wildman–Crippen LogP) is 4.67. The number of thiazole rings is 1. The summed E-state index contributed by atoms with van der Waals surface area (Å²) in [6.07, 6.45) is 0. The first-order valence-corrected chi connectivity index (χ1v) is 8.59. The minimum absolute atomic E-state index is 0.376. The fraction of sp³-hybridized carbons (Fsp3) is 0.158. The van der Waals surface area contributed by atoms with Crippen LogP contribution in [0.1, 0.15) is 6.92 Å². The van der Waals surface area contributed by atoms with Crippen molar-refractivity contribution < 1.29 is 9.90 Å². The van der Waals surface area contributed by atoms with Crippen LogP contribution in [0.15, 0.2) is 66.0 Å². The van der Waals surface area contributed by atoms with Gasteiger partial charge in [0.2, 0.25) is 0 Å². The molecule has 0 radical (unpaired) electrons. The van der Waals surface area contributed by atoms with E-state index in [-0.39, 0.29) is 0 Å². The number of nitrogens with zero attached hydrogens (tertiary/aromatic N) is 2. The van der Waals surface area contributed by atoms with Crippen molar-refractivity contribution in [2.45, 2.75) is 6.92 Å². The van der Waals surface area contributed by atoms with Gasteiger partial charge in [-0.3, -0.25) is 4.79 Å². The number of carboxylic acid groups (broad SMARTS) is 1. The lowest BCUT2D eigenvalue weighted by atomic mass is 10.1. The van der Waals surface area contributed by atoms with Crippen LogP contribution in [0.25, 0.3) is 11.3 Å². The molecule has 5 heteroatoms. The molecular weight excluding hydrogens is 320 g/mol. The maximum absolute atomic E-state index is 11.3. The highest BCUT2D eigenvalue weighted by molar-refractivity contribution is 7.14. The summed E-state index contributed by atoms with van der Waals surface area (Å²) in [6, 6.07) is 19.7. The molecule has 0 spiro atoms. The van der Waals surface area contributed by atoms with Crippen LogP contribution in [0.3, 0.4) is 0 Å². The van der Waals surface area contributed by atoms with Crippen molar-refractivity contribution in [1.82, 2.24) is 4.98 Å². The smallest absolute Gasteiger partial charge is 0.308 e. The van der Waals surface area contributed by atoms with Gasteiger partial charge in [-0.1, -0.05) is 55.5 Å². The molecule has 1 N–H and O–H groups in total. The van der Waals surface area contributed by atoms with Crippen LogP contribution in [0.5, 0.6) is 0 Å². The van der Waals surface area contributed by atoms with Crippen LogP contribution in [0.2, 0.25) is 0 Å². The molecule has 2 aromatic carbocycles. The number of rotatable bonds is 6. The zero-order valence-electron chi connectivity index (χ0n) is 13.3. The Bertz CT molecular complexity index is 803. The molecule has 0 aliphatic carbocycles. The third-order valence-corrected chi connectivity index (χ3v) is 4.60. The van der Waals surface area contributed by atoms with Crippen molar-refractivity contribution in [2.75, 3.05) is 11.4 Å². The van der Waals surface area contributed by atoms with Crippen LogP contribution in [0.4, 0.5) is 10.8 Å². The first-order chi connectivity index (χ1) is 11.6. The van der Waals surface area contributed by atoms with Crippen LogP contribution in [-0.2, 0) is 4.79 Å². The van der Waals surface area contributed by atoms with Gasteiger partial charge in [0.05, 0.1) is 11.6 Å². The lowest BCUT2D eigenvalue weighted by molar-refractivity contribution is -0.140. The summed E-state index contributed by atoms with van der Waals surface area (Å²) < 4.78 is 0. The van der Waals surface area contributed by atoms with E-state index >= 15 is 0 Å². The Hall–Kier alpha value is -2.66. The molecule has 122 valence electrons. The fourth-order valence-corrected chi connectivity index (χ4v) is 3.25. The quantitative estimate of drug-likeness (QED) is 0.710. The van der Waals surface area contributed by atoms with Gasteiger partial charge in [0, 0.05) is 23.2 Å². The van der Waals surface area contributed by atoms with Gasteiger partial charge in [-0.05, 0) is 12.1 Å². The molecule has 4 nitrogen and oxygen atoms in total. The number of carboxylic acids is 1. The Morgan fingerprint density at radius 1 is 1.12 bits per heavy atom. The first-order valence-electron chi connectivity index (χ1n) is 7.71. The van der Waals surface area contributed by atoms with Crippen LogP contribution in [-0.4, -0.2) is 22.6 Å². The standard InChI is InChI=1S/C19H18N2O2S/c1-14(18(22)23)12-21(16-10-6-3-7-11-16)19-20-17(13-24-19)15-8-4-2-5-9-15/h2-11,13-14H,12H2,1H3,(H,22,23). The molecule has 0 saturated heterocycles. The van der Waals surface area contributed by atoms with Crippen molar-refractivity contribution in [3.05, 3.63) is 66.0 Å². The van der Waals surface area contributed by atoms with Crippen LogP contribution >= 0.6 is 11.3 Å². The van der Waals surface area contributed by atoms with E-state index in [9.17, 15) is 9.90 Å². The maximum atomic E-state index is 11.3. The van der Waals surface area contributed by atoms with Crippen molar-refractivity contribution in [1.29, 1.82) is 0 Å². The number of anilines is 2. The molecule has 0 aliphatic rings. The number of hydrogen-bond acceptors (Lipinski definition) is 4. The molecule has 0 bridgehead atoms. The molecule has 0 fully saturated rings. The van der Waals surface area contributed by atoms with Gasteiger partial charge in [-0.2, -0.15) is 0 Å². The predicted molar refractivity (Wildman–Crippen MR) is 97.8 cm³/mol. The van der Waals surface area contributed by atoms with E-state index in [4.69, 9.17) is 4.98 Å². The second kappa shape index (κ2) is 7.27. The van der Waals surface area contributed by atoms with Crippen molar-refractivity contribution in [2.24, 2.45) is 5.92 Å². The van der Waals surface area contributed by atoms with Gasteiger partial charge < -0.3 is 10.0 Å². The minimum atomic E-state index is -0.809. The molecule has 1 aromatic heterocycles. The van der Waals surface area contributed by atoms with E-state index in [1.165, 1.54) is 11.3 Å². The number of carbonyl (C=O) groups is 1. The van der Waals surface area contributed by atoms with Crippen LogP contribution < -0.4 is 4.90 Å². The van der Waals surface area contributed by atoms with E-state index in [2.05, 4.69) is 0 Å². The third kappa shape index (κ3) is 3.63. The zero-order chi connectivity index (χ0) is 16.9. The maximum Gasteiger partial charge on any atom is 0.308 e. The fourth-order valence-electron chi connectivity index (χ4n) is 2.38. The van der Waals surface area contributed by atoms with Gasteiger partial charge in [0.1, 0.15) is 0 Å². The summed E-state index contributed by atoms with van der Waals surface area (Å²) in [7, 11) is 0. The van der Waals surface area contributed by atoms with E-state index in [1.807, 2.05) is 70.9 Å². The summed E-state index contributed by atoms with van der Waals surface area (Å²) in [5, 5.41) is 12.1. The number of benzene rings is 2. The van der Waals surface area contributed by atoms with Gasteiger partial charge in [-0.15, -0.1) is 11.3 Å². The van der Waals surface area contributed by atoms with E-state index < -0.39 is 11.9 Å². The second-order valence-electron chi connectivity index (χ2n) is 5.57. The van der Waals surface area contributed by atoms with Crippen molar-refractivity contribution in [3.8, 4) is 11.3 Å². The molecule has 0 amide bonds. The highest BCUT2D eigenvalue weighted by Crippen LogP contribution is 2.32. The molecule has 1 unspecified atom stereocenters. The summed E-state index contributed by atoms with van der Waals surface area (Å²) >= 11 is 1.52. The average molecular weight is 338 g/mol. The largest absolute Gasteiger partial charge is 0.481 e. The molecular formula is C19H18N2O2S. The minimum Gasteiger partial charge on any atom is -0.481 e. The Morgan fingerprint density at radius 3 is 2.38 bits per heavy atom. The number of hydrogen-bond donors (Lipinski definition) is 1. The van der Waals surface area contributed by atoms with E-state index in [1.54, 1.807) is 6.92 Å². The molecule has 1 heterocycles. The lowest BCUT2D eigenvalue weighted by Crippen LogP contribution is -2.28. The molecule has 1 atom stereocenters. The summed E-state index contributed by atoms with van der Waals surface area (Å²) in [5.74, 6) is -1.30. The average Bonchev–Trinajstić information content (AvgIpc) is 3.10. The molecule has 3 aromatic rings. The summed E-state index contributed by atoms with van der Waals surface area (Å²) in [5.41, 5.74) is 2.90. The third-order valence-electron chi connectivity index (χ3n) is 3.74. The number of para-hydroxylation sites is 1. The summed E-state index contributed by atoms with van der Waals surface area (Å²) in [4.78, 5) is 18.0. The van der Waals surface area contributed by atoms with E-state index in [0.717, 1.165) is 22.1 Å². The molecule has 0 aliphatic heterocycles.